The van der Waals surface area contributed by atoms with E-state index < -0.39 is 16.9 Å². The van der Waals surface area contributed by atoms with Gasteiger partial charge in [-0.05, 0) is 34.8 Å². The third-order valence-corrected chi connectivity index (χ3v) is 4.23. The number of hydrogen-bond acceptors (Lipinski definition) is 5. The number of hydrogen-bond donors (Lipinski definition) is 2. The number of rotatable bonds is 8. The molecule has 0 heterocycles. The van der Waals surface area contributed by atoms with Crippen molar-refractivity contribution in [3.05, 3.63) is 52.1 Å². The second kappa shape index (κ2) is 7.94. The molecule has 2 aromatic rings. The molecule has 1 atom stereocenters. The van der Waals surface area contributed by atoms with E-state index in [0.29, 0.717) is 6.42 Å². The Bertz CT molecular complexity index is 720. The summed E-state index contributed by atoms with van der Waals surface area (Å²) < 4.78 is 0. The molecule has 2 aromatic carbocycles. The van der Waals surface area contributed by atoms with Gasteiger partial charge in [-0.2, -0.15) is 11.8 Å². The normalized spacial score (nSPS) is 12.2. The Morgan fingerprint density at radius 3 is 2.78 bits per heavy atom. The molecule has 2 rings (SSSR count). The number of thioether (sulfide) groups is 1. The minimum Gasteiger partial charge on any atom is -0.480 e. The van der Waals surface area contributed by atoms with E-state index in [2.05, 4.69) is 5.32 Å². The molecule has 0 saturated heterocycles. The smallest absolute Gasteiger partial charge is 0.320 e. The number of carboxylic acids is 1. The van der Waals surface area contributed by atoms with E-state index in [0.717, 1.165) is 22.1 Å². The van der Waals surface area contributed by atoms with E-state index in [9.17, 15) is 20.0 Å². The maximum Gasteiger partial charge on any atom is 0.320 e. The third-order valence-electron chi connectivity index (χ3n) is 3.59. The number of fused-ring (bicyclic) bond motifs is 1. The summed E-state index contributed by atoms with van der Waals surface area (Å²) in [6.07, 6.45) is 2.43. The number of nitrogens with one attached hydrogen (secondary N) is 1. The Kier molecular flexibility index (Phi) is 5.95. The minimum absolute atomic E-state index is 0.0106. The van der Waals surface area contributed by atoms with Crippen LogP contribution in [0, 0.1) is 10.1 Å². The van der Waals surface area contributed by atoms with Crippen LogP contribution in [-0.2, 0) is 11.3 Å². The minimum atomic E-state index is -0.909. The van der Waals surface area contributed by atoms with Crippen LogP contribution in [0.2, 0.25) is 0 Å². The lowest BCUT2D eigenvalue weighted by atomic mass is 10.0. The summed E-state index contributed by atoms with van der Waals surface area (Å²) in [6, 6.07) is 9.74. The van der Waals surface area contributed by atoms with Crippen LogP contribution in [-0.4, -0.2) is 34.0 Å². The zero-order valence-electron chi connectivity index (χ0n) is 12.7. The summed E-state index contributed by atoms with van der Waals surface area (Å²) in [5.74, 6) is -0.173. The lowest BCUT2D eigenvalue weighted by Gasteiger charge is -2.15. The fourth-order valence-corrected chi connectivity index (χ4v) is 2.88. The van der Waals surface area contributed by atoms with E-state index in [4.69, 9.17) is 0 Å². The van der Waals surface area contributed by atoms with E-state index in [1.54, 1.807) is 11.8 Å². The van der Waals surface area contributed by atoms with Crippen molar-refractivity contribution in [1.82, 2.24) is 5.32 Å². The molecular weight excluding hydrogens is 316 g/mol. The molecule has 0 spiro atoms. The van der Waals surface area contributed by atoms with Crippen molar-refractivity contribution in [1.29, 1.82) is 0 Å². The summed E-state index contributed by atoms with van der Waals surface area (Å²) in [5.41, 5.74) is 0.738. The van der Waals surface area contributed by atoms with E-state index in [-0.39, 0.29) is 12.2 Å². The zero-order chi connectivity index (χ0) is 16.8. The predicted octanol–water partition coefficient (Wildman–Crippen LogP) is 3.04. The van der Waals surface area contributed by atoms with Crippen molar-refractivity contribution in [2.75, 3.05) is 12.0 Å². The summed E-state index contributed by atoms with van der Waals surface area (Å²) in [5, 5.41) is 25.0. The van der Waals surface area contributed by atoms with Gasteiger partial charge in [0.05, 0.1) is 4.92 Å². The van der Waals surface area contributed by atoms with Crippen LogP contribution in [0.4, 0.5) is 5.69 Å². The molecular formula is C16H18N2O4S. The van der Waals surface area contributed by atoms with Gasteiger partial charge in [0.2, 0.25) is 0 Å². The van der Waals surface area contributed by atoms with Gasteiger partial charge in [0, 0.05) is 18.7 Å². The number of carbonyl (C=O) groups is 1. The van der Waals surface area contributed by atoms with Gasteiger partial charge in [0.1, 0.15) is 6.04 Å². The maximum atomic E-state index is 11.3. The van der Waals surface area contributed by atoms with Gasteiger partial charge in [-0.15, -0.1) is 0 Å². The van der Waals surface area contributed by atoms with Gasteiger partial charge < -0.3 is 10.4 Å². The Morgan fingerprint density at radius 1 is 1.39 bits per heavy atom. The molecule has 0 aliphatic carbocycles. The summed E-state index contributed by atoms with van der Waals surface area (Å²) in [4.78, 5) is 21.9. The van der Waals surface area contributed by atoms with Crippen LogP contribution in [0.25, 0.3) is 10.8 Å². The van der Waals surface area contributed by atoms with Crippen LogP contribution >= 0.6 is 11.8 Å². The van der Waals surface area contributed by atoms with Crippen molar-refractivity contribution in [2.24, 2.45) is 0 Å². The van der Waals surface area contributed by atoms with Crippen LogP contribution < -0.4 is 5.32 Å². The molecule has 0 aliphatic heterocycles. The molecule has 0 amide bonds. The second-order valence-corrected chi connectivity index (χ2v) is 6.12. The van der Waals surface area contributed by atoms with Gasteiger partial charge in [0.25, 0.3) is 5.69 Å². The molecule has 2 N–H and O–H groups in total. The van der Waals surface area contributed by atoms with Crippen molar-refractivity contribution in [3.63, 3.8) is 0 Å². The molecule has 0 bridgehead atoms. The Balaban J connectivity index is 2.27. The number of nitrogens with zero attached hydrogens (tertiary/aromatic N) is 1. The Morgan fingerprint density at radius 2 is 2.13 bits per heavy atom. The SMILES string of the molecule is CSCC[C@H](NCc1cc([N+](=O)[O-])cc2ccccc12)C(=O)O. The van der Waals surface area contributed by atoms with Crippen molar-refractivity contribution < 1.29 is 14.8 Å². The molecule has 0 radical (unpaired) electrons. The zero-order valence-corrected chi connectivity index (χ0v) is 13.5. The van der Waals surface area contributed by atoms with E-state index in [1.807, 2.05) is 30.5 Å². The topological polar surface area (TPSA) is 92.5 Å². The quantitative estimate of drug-likeness (QED) is 0.569. The number of nitro benzene ring substituents is 1. The molecule has 0 unspecified atom stereocenters. The van der Waals surface area contributed by atoms with Crippen molar-refractivity contribution in [3.8, 4) is 0 Å². The number of carboxylic acid groups (broad SMARTS) is 1. The highest BCUT2D eigenvalue weighted by molar-refractivity contribution is 7.98. The average Bonchev–Trinajstić information content (AvgIpc) is 2.54. The molecule has 0 fully saturated rings. The van der Waals surface area contributed by atoms with E-state index in [1.165, 1.54) is 12.1 Å². The highest BCUT2D eigenvalue weighted by Gasteiger charge is 2.18. The second-order valence-electron chi connectivity index (χ2n) is 5.14. The van der Waals surface area contributed by atoms with Crippen LogP contribution in [0.3, 0.4) is 0 Å². The number of nitro groups is 1. The predicted molar refractivity (Wildman–Crippen MR) is 91.9 cm³/mol. The van der Waals surface area contributed by atoms with Crippen LogP contribution in [0.15, 0.2) is 36.4 Å². The summed E-state index contributed by atoms with van der Waals surface area (Å²) >= 11 is 1.59. The lowest BCUT2D eigenvalue weighted by Crippen LogP contribution is -2.36. The van der Waals surface area contributed by atoms with E-state index >= 15 is 0 Å². The van der Waals surface area contributed by atoms with Crippen LogP contribution in [0.5, 0.6) is 0 Å². The number of aliphatic carboxylic acids is 1. The average molecular weight is 334 g/mol. The molecule has 7 heteroatoms. The fourth-order valence-electron chi connectivity index (χ4n) is 2.41. The molecule has 0 aromatic heterocycles. The number of non-ortho nitro benzene ring substituents is 1. The fraction of sp³-hybridized carbons (Fsp3) is 0.312. The number of benzene rings is 2. The highest BCUT2D eigenvalue weighted by Crippen LogP contribution is 2.25. The first-order valence-electron chi connectivity index (χ1n) is 7.14. The molecule has 0 saturated carbocycles. The van der Waals surface area contributed by atoms with Gasteiger partial charge in [-0.25, -0.2) is 0 Å². The van der Waals surface area contributed by atoms with Gasteiger partial charge >= 0.3 is 5.97 Å². The first-order chi connectivity index (χ1) is 11.0. The lowest BCUT2D eigenvalue weighted by molar-refractivity contribution is -0.384. The van der Waals surface area contributed by atoms with Gasteiger partial charge in [-0.3, -0.25) is 14.9 Å². The standard InChI is InChI=1S/C16H18N2O4S/c1-23-7-6-15(16(19)20)17-10-12-9-13(18(21)22)8-11-4-2-3-5-14(11)12/h2-5,8-9,15,17H,6-7,10H2,1H3,(H,19,20)/t15-/m0/s1. The van der Waals surface area contributed by atoms with Crippen LogP contribution in [0.1, 0.15) is 12.0 Å². The molecule has 6 nitrogen and oxygen atoms in total. The Hall–Kier alpha value is -2.12. The Labute approximate surface area is 138 Å². The first-order valence-corrected chi connectivity index (χ1v) is 8.53. The largest absolute Gasteiger partial charge is 0.480 e. The molecule has 23 heavy (non-hydrogen) atoms. The summed E-state index contributed by atoms with van der Waals surface area (Å²) in [7, 11) is 0. The molecule has 0 aliphatic rings. The van der Waals surface area contributed by atoms with Crippen molar-refractivity contribution >= 4 is 34.2 Å². The first kappa shape index (κ1) is 17.2. The van der Waals surface area contributed by atoms with Gasteiger partial charge in [-0.1, -0.05) is 24.3 Å². The summed E-state index contributed by atoms with van der Waals surface area (Å²) in [6.45, 7) is 0.271. The highest BCUT2D eigenvalue weighted by atomic mass is 32.2. The molecule has 122 valence electrons. The monoisotopic (exact) mass is 334 g/mol. The third kappa shape index (κ3) is 4.43. The van der Waals surface area contributed by atoms with Gasteiger partial charge in [0.15, 0.2) is 0 Å². The van der Waals surface area contributed by atoms with Crippen molar-refractivity contribution in [2.45, 2.75) is 19.0 Å². The maximum absolute atomic E-state index is 11.3.